The summed E-state index contributed by atoms with van der Waals surface area (Å²) in [6.07, 6.45) is 25.4. The average molecular weight is 2180 g/mol. The molecular formula is C97H97Br3ClF7KLiN12O13Si3. The summed E-state index contributed by atoms with van der Waals surface area (Å²) in [4.78, 5) is 54.8. The summed E-state index contributed by atoms with van der Waals surface area (Å²) in [5, 5.41) is 40.2. The number of esters is 1. The number of nitro groups is 2. The number of carbonyl (C=O) groups is 1. The number of hydrogen-bond acceptors (Lipinski definition) is 22. The molecule has 0 atom stereocenters. The summed E-state index contributed by atoms with van der Waals surface area (Å²) in [6.45, 7) is 25.0. The van der Waals surface area contributed by atoms with Crippen molar-refractivity contribution in [3.63, 3.8) is 0 Å². The first-order valence-corrected chi connectivity index (χ1v) is 52.8. The van der Waals surface area contributed by atoms with E-state index in [1.165, 1.54) is 92.8 Å². The largest absolute Gasteiger partial charge is 1.00 e. The number of benzene rings is 10. The molecule has 138 heavy (non-hydrogen) atoms. The molecule has 714 valence electrons. The first kappa shape index (κ1) is 128. The van der Waals surface area contributed by atoms with E-state index in [0.29, 0.717) is 84.6 Å². The number of non-ortho nitro benzene ring substituents is 2. The third kappa shape index (κ3) is 45.2. The summed E-state index contributed by atoms with van der Waals surface area (Å²) in [6, 6.07) is 41.3. The molecule has 0 aliphatic heterocycles. The van der Waals surface area contributed by atoms with Crippen LogP contribution in [-0.2, 0) is 9.53 Å². The van der Waals surface area contributed by atoms with Crippen molar-refractivity contribution in [1.29, 1.82) is 0 Å². The van der Waals surface area contributed by atoms with Crippen LogP contribution < -0.4 is 107 Å². The molecule has 3 heterocycles. The number of carbonyl (C=O) groups excluding carboxylic acids is 1. The summed E-state index contributed by atoms with van der Waals surface area (Å²) in [5.41, 5.74) is 26.9. The molecule has 0 bridgehead atoms. The minimum atomic E-state index is -1.61. The van der Waals surface area contributed by atoms with Gasteiger partial charge in [-0.3, -0.25) is 25.0 Å². The third-order valence-corrected chi connectivity index (χ3v) is 20.9. The quantitative estimate of drug-likeness (QED) is 0.00873. The number of hydrogen-bond donors (Lipinski definition) is 5. The molecule has 11 N–H and O–H groups in total. The predicted molar refractivity (Wildman–Crippen MR) is 542 cm³/mol. The van der Waals surface area contributed by atoms with Crippen molar-refractivity contribution in [1.82, 2.24) is 29.9 Å². The summed E-state index contributed by atoms with van der Waals surface area (Å²) in [5.74, 6) is 12.3. The first-order valence-electron chi connectivity index (χ1n) is 39.2. The first-order chi connectivity index (χ1) is 62.7. The van der Waals surface area contributed by atoms with Gasteiger partial charge in [-0.2, -0.15) is 0 Å². The third-order valence-electron chi connectivity index (χ3n) is 16.4. The topological polar surface area (TPSA) is 405 Å². The number of aryl methyl sites for hydroxylation is 2. The molecule has 0 saturated carbocycles. The summed E-state index contributed by atoms with van der Waals surface area (Å²) >= 11 is 14.9. The maximum atomic E-state index is 13.5. The van der Waals surface area contributed by atoms with E-state index in [4.69, 9.17) is 63.0 Å². The average Bonchev–Trinajstić information content (AvgIpc) is 0.791. The predicted octanol–water partition coefficient (Wildman–Crippen LogP) is 17.4. The molecule has 0 spiro atoms. The Kier molecular flexibility index (Phi) is 59.2. The number of fused-ring (bicyclic) bond motifs is 3. The monoisotopic (exact) mass is 2170 g/mol. The van der Waals surface area contributed by atoms with Crippen LogP contribution in [-0.4, -0.2) is 125 Å². The molecule has 0 aliphatic carbocycles. The van der Waals surface area contributed by atoms with E-state index in [2.05, 4.69) is 179 Å². The number of phenolic OH excluding ortho intramolecular Hbond substituents is 1. The van der Waals surface area contributed by atoms with Crippen LogP contribution in [0.4, 0.5) is 76.5 Å². The van der Waals surface area contributed by atoms with Gasteiger partial charge < -0.3 is 62.6 Å². The van der Waals surface area contributed by atoms with Crippen LogP contribution in [0, 0.1) is 147 Å². The van der Waals surface area contributed by atoms with Crippen LogP contribution in [0.25, 0.3) is 32.7 Å². The molecule has 13 aromatic rings. The van der Waals surface area contributed by atoms with E-state index < -0.39 is 63.2 Å². The second-order valence-corrected chi connectivity index (χ2v) is 47.4. The van der Waals surface area contributed by atoms with Crippen LogP contribution in [0.3, 0.4) is 0 Å². The Morgan fingerprint density at radius 3 is 1.22 bits per heavy atom. The van der Waals surface area contributed by atoms with E-state index in [0.717, 1.165) is 74.8 Å². The zero-order valence-corrected chi connectivity index (χ0v) is 89.9. The molecule has 25 nitrogen and oxygen atoms in total. The van der Waals surface area contributed by atoms with Gasteiger partial charge in [-0.15, -0.1) is 42.3 Å². The van der Waals surface area contributed by atoms with Gasteiger partial charge in [0.1, 0.15) is 112 Å². The van der Waals surface area contributed by atoms with Crippen molar-refractivity contribution in [2.75, 3.05) is 55.4 Å². The SMILES string of the molecule is C#C[Si](C)(C)C.C#Cc1cc(N)ccc1F.C#Cc1cc(Nc2ncnc3cc(OC)c(C)cc23)ccc1F.C#Cc1cc(Nc2ncnc3cc(OC)c(O)cc23)ccc1F.CCOC(=O)CCBr.COc1cc2ncnc(Cl)c2cc1C.C[Si](C)(C)C#Cc1cc(N)ccc1F.C[Si](C)(C)C#Cc1cc([N+](=O)[O-])ccc1F.Fc1ccccc1Br.O.O=[N+]([O-])c1ccc(F)c(Br)c1.[K+].[Li+].[OH-].[OH-]. The number of halogens is 11. The van der Waals surface area contributed by atoms with Crippen molar-refractivity contribution >= 4 is 168 Å². The van der Waals surface area contributed by atoms with Crippen LogP contribution in [0.5, 0.6) is 23.0 Å². The van der Waals surface area contributed by atoms with Gasteiger partial charge in [0.15, 0.2) is 11.5 Å². The van der Waals surface area contributed by atoms with E-state index in [-0.39, 0.29) is 148 Å². The number of aromatic hydroxyl groups is 1. The van der Waals surface area contributed by atoms with E-state index >= 15 is 0 Å². The van der Waals surface area contributed by atoms with Gasteiger partial charge in [0.25, 0.3) is 11.4 Å². The smallest absolute Gasteiger partial charge is 0.870 e. The van der Waals surface area contributed by atoms with Gasteiger partial charge in [-0.1, -0.05) is 128 Å². The molecule has 13 rings (SSSR count). The van der Waals surface area contributed by atoms with Gasteiger partial charge >= 0.3 is 76.2 Å². The Morgan fingerprint density at radius 1 is 0.493 bits per heavy atom. The van der Waals surface area contributed by atoms with Crippen LogP contribution in [0.1, 0.15) is 52.3 Å². The minimum absolute atomic E-state index is 0. The molecule has 0 amide bonds. The maximum absolute atomic E-state index is 13.5. The van der Waals surface area contributed by atoms with E-state index in [1.807, 2.05) is 57.8 Å². The number of phenols is 1. The second kappa shape index (κ2) is 63.7. The minimum Gasteiger partial charge on any atom is -0.870 e. The number of nitrogen functional groups attached to an aromatic ring is 2. The summed E-state index contributed by atoms with van der Waals surface area (Å²) < 4.78 is 112. The van der Waals surface area contributed by atoms with Crippen LogP contribution in [0.15, 0.2) is 198 Å². The molecule has 0 saturated heterocycles. The normalized spacial score (nSPS) is 9.70. The Labute approximate surface area is 884 Å². The van der Waals surface area contributed by atoms with Gasteiger partial charge in [-0.25, -0.2) is 60.6 Å². The van der Waals surface area contributed by atoms with Gasteiger partial charge in [0, 0.05) is 86.7 Å². The van der Waals surface area contributed by atoms with E-state index in [1.54, 1.807) is 69.7 Å². The molecule has 10 aromatic carbocycles. The number of nitro benzene ring substituents is 2. The van der Waals surface area contributed by atoms with Crippen molar-refractivity contribution in [2.24, 2.45) is 0 Å². The number of alkyl halides is 1. The van der Waals surface area contributed by atoms with Crippen molar-refractivity contribution < 1.29 is 156 Å². The number of nitrogens with two attached hydrogens (primary N) is 2. The molecule has 0 fully saturated rings. The molecule has 0 radical (unpaired) electrons. The fourth-order valence-corrected chi connectivity index (χ4v) is 12.0. The summed E-state index contributed by atoms with van der Waals surface area (Å²) in [7, 11) is 0.557. The Bertz CT molecular complexity index is 6430. The van der Waals surface area contributed by atoms with Gasteiger partial charge in [0.05, 0.1) is 97.5 Å². The Hall–Kier alpha value is -11.7. The number of ether oxygens (including phenoxy) is 4. The number of anilines is 6. The second-order valence-electron chi connectivity index (χ2n) is 30.2. The number of rotatable bonds is 12. The Balaban J connectivity index is 0. The number of aromatic nitrogens is 6. The fourth-order valence-electron chi connectivity index (χ4n) is 9.80. The molecule has 0 aliphatic rings. The number of methoxy groups -OCH3 is 3. The van der Waals surface area contributed by atoms with Crippen LogP contribution >= 0.6 is 59.4 Å². The standard InChI is InChI=1S/C18H14FN3O.C17H12FN3O2.C11H12FNO2Si.C11H14FNSi.C10H9ClN2O.C8H6FN.C6H3BrFNO2.C6H4BrF.C5H9BrO2.C5H10Si.K.Li.3H2O/c1-4-12-8-13(5-6-15(12)19)22-18-14-7-11(2)17(23-3)9-16(14)20-10-21-18;1-3-10-6-11(4-5-13(10)18)21-17-12-7-15(22)16(23-2)8-14(12)19-9-20-17;1-16(2,3)7-6-9-8-10(13(14)15)4-5-11(9)12;1-14(2,3)7-6-9-8-10(13)4-5-11(9)12;1-6-3-7-8(4-9(6)14-2)12-5-13-10(7)11;1-2-6-5-7(10)3-4-8(6)9;7-5-3-4(9(10)11)1-2-6(5)8;7-5-3-1-2-4-6(5)8;1-2-8-5(7)3-4-6;1-5-6(2,3)4;;;;;/h1,5-10H,2-3H3,(H,20,21,22);1,4-9,22H,2H3,(H,19,20,21);4-5,8H,1-3H3;4-5,8H,13H2,1-3H3;3-5H,1-2H3;1,3-5H,10H2;1-3H;1-4H;2-4H2,1H3;1H,2-4H3;;;3*1H2/q;;;;;;;;;;2*+1;;;/p-2. The maximum Gasteiger partial charge on any atom is 1.00 e. The molecular weight excluding hydrogens is 2080 g/mol. The number of terminal acetylenes is 4. The van der Waals surface area contributed by atoms with Crippen molar-refractivity contribution in [3.8, 4) is 94.9 Å². The molecule has 0 unspecified atom stereocenters. The van der Waals surface area contributed by atoms with Gasteiger partial charge in [0.2, 0.25) is 0 Å². The fraction of sp³-hybridized carbons (Fsp3) is 0.186. The van der Waals surface area contributed by atoms with Crippen molar-refractivity contribution in [2.45, 2.75) is 86.1 Å². The number of nitrogens with zero attached hydrogens (tertiary/aromatic N) is 8. The Morgan fingerprint density at radius 2 is 0.848 bits per heavy atom. The number of nitrogens with one attached hydrogen (secondary N) is 2. The molecule has 41 heteroatoms. The van der Waals surface area contributed by atoms with E-state index in [9.17, 15) is 60.9 Å². The van der Waals surface area contributed by atoms with Crippen LogP contribution in [0.2, 0.25) is 64.1 Å². The van der Waals surface area contributed by atoms with Crippen molar-refractivity contribution in [3.05, 3.63) is 303 Å². The van der Waals surface area contributed by atoms with Gasteiger partial charge in [-0.05, 0) is 179 Å². The molecule has 3 aromatic heterocycles. The zero-order valence-electron chi connectivity index (χ0n) is 78.2. The zero-order chi connectivity index (χ0) is 99.6.